The summed E-state index contributed by atoms with van der Waals surface area (Å²) in [6.45, 7) is 3.92. The normalized spacial score (nSPS) is 15.8. The summed E-state index contributed by atoms with van der Waals surface area (Å²) in [5.41, 5.74) is 7.09. The molecule has 0 spiro atoms. The predicted molar refractivity (Wildman–Crippen MR) is 101 cm³/mol. The summed E-state index contributed by atoms with van der Waals surface area (Å²) in [6.07, 6.45) is 2.67. The maximum absolute atomic E-state index is 12.5. The second-order valence-corrected chi connectivity index (χ2v) is 6.27. The van der Waals surface area contributed by atoms with Crippen LogP contribution in [0.2, 0.25) is 0 Å². The van der Waals surface area contributed by atoms with Gasteiger partial charge < -0.3 is 21.1 Å². The molecule has 2 rings (SSSR count). The Morgan fingerprint density at radius 3 is 2.40 bits per heavy atom. The van der Waals surface area contributed by atoms with Gasteiger partial charge in [0.15, 0.2) is 0 Å². The van der Waals surface area contributed by atoms with E-state index in [1.807, 2.05) is 31.2 Å². The molecule has 140 valence electrons. The molecule has 0 unspecified atom stereocenters. The molecule has 0 aliphatic carbocycles. The highest BCUT2D eigenvalue weighted by molar-refractivity contribution is 5.90. The van der Waals surface area contributed by atoms with Crippen molar-refractivity contribution in [3.63, 3.8) is 0 Å². The van der Waals surface area contributed by atoms with E-state index in [-0.39, 0.29) is 24.2 Å². The van der Waals surface area contributed by atoms with E-state index in [1.54, 1.807) is 0 Å². The highest BCUT2D eigenvalue weighted by Gasteiger charge is 2.38. The van der Waals surface area contributed by atoms with Gasteiger partial charge in [-0.25, -0.2) is 0 Å². The maximum Gasteiger partial charge on any atom is 0.227 e. The SMILES string of the molecule is CCCC(=O)Nc1ccc(CNC(=O)C2(CN)CCOCC2)cc1.Cl. The molecule has 1 heterocycles. The molecule has 4 N–H and O–H groups in total. The fraction of sp³-hybridized carbons (Fsp3) is 0.556. The third kappa shape index (κ3) is 5.99. The zero-order chi connectivity index (χ0) is 17.4. The van der Waals surface area contributed by atoms with E-state index in [2.05, 4.69) is 10.6 Å². The Hall–Kier alpha value is -1.63. The molecule has 0 atom stereocenters. The van der Waals surface area contributed by atoms with Crippen molar-refractivity contribution in [2.45, 2.75) is 39.2 Å². The molecule has 0 aromatic heterocycles. The molecule has 1 fully saturated rings. The summed E-state index contributed by atoms with van der Waals surface area (Å²) >= 11 is 0. The Morgan fingerprint density at radius 1 is 1.20 bits per heavy atom. The molecule has 1 aromatic carbocycles. The molecule has 0 bridgehead atoms. The smallest absolute Gasteiger partial charge is 0.227 e. The van der Waals surface area contributed by atoms with Crippen molar-refractivity contribution < 1.29 is 14.3 Å². The average molecular weight is 370 g/mol. The minimum Gasteiger partial charge on any atom is -0.381 e. The first kappa shape index (κ1) is 21.4. The Morgan fingerprint density at radius 2 is 1.84 bits per heavy atom. The van der Waals surface area contributed by atoms with Crippen LogP contribution in [0, 0.1) is 5.41 Å². The molecule has 1 aliphatic rings. The highest BCUT2D eigenvalue weighted by atomic mass is 35.5. The number of halogens is 1. The predicted octanol–water partition coefficient (Wildman–Crippen LogP) is 2.22. The highest BCUT2D eigenvalue weighted by Crippen LogP contribution is 2.29. The van der Waals surface area contributed by atoms with Crippen LogP contribution in [-0.4, -0.2) is 31.6 Å². The third-order valence-electron chi connectivity index (χ3n) is 4.49. The molecule has 2 amide bonds. The average Bonchev–Trinajstić information content (AvgIpc) is 2.61. The fourth-order valence-electron chi connectivity index (χ4n) is 2.81. The molecule has 0 radical (unpaired) electrons. The lowest BCUT2D eigenvalue weighted by Crippen LogP contribution is -2.48. The van der Waals surface area contributed by atoms with E-state index in [1.165, 1.54) is 0 Å². The molecular weight excluding hydrogens is 342 g/mol. The maximum atomic E-state index is 12.5. The van der Waals surface area contributed by atoms with Crippen LogP contribution < -0.4 is 16.4 Å². The summed E-state index contributed by atoms with van der Waals surface area (Å²) in [6, 6.07) is 7.51. The van der Waals surface area contributed by atoms with Gasteiger partial charge in [-0.3, -0.25) is 9.59 Å². The van der Waals surface area contributed by atoms with Crippen molar-refractivity contribution in [3.05, 3.63) is 29.8 Å². The lowest BCUT2D eigenvalue weighted by molar-refractivity contribution is -0.136. The van der Waals surface area contributed by atoms with Gasteiger partial charge in [-0.1, -0.05) is 19.1 Å². The zero-order valence-electron chi connectivity index (χ0n) is 14.7. The number of carbonyl (C=O) groups is 2. The summed E-state index contributed by atoms with van der Waals surface area (Å²) in [5.74, 6) is 0.0107. The number of ether oxygens (including phenoxy) is 1. The molecule has 6 nitrogen and oxygen atoms in total. The quantitative estimate of drug-likeness (QED) is 0.687. The lowest BCUT2D eigenvalue weighted by Gasteiger charge is -2.34. The van der Waals surface area contributed by atoms with E-state index in [4.69, 9.17) is 10.5 Å². The third-order valence-corrected chi connectivity index (χ3v) is 4.49. The lowest BCUT2D eigenvalue weighted by atomic mass is 9.79. The Bertz CT molecular complexity index is 557. The minimum atomic E-state index is -0.508. The Balaban J connectivity index is 0.00000312. The molecule has 0 saturated carbocycles. The number of anilines is 1. The van der Waals surface area contributed by atoms with E-state index < -0.39 is 5.41 Å². The van der Waals surface area contributed by atoms with Crippen LogP contribution in [0.4, 0.5) is 5.69 Å². The Kier molecular flexibility index (Phi) is 8.89. The summed E-state index contributed by atoms with van der Waals surface area (Å²) in [4.78, 5) is 24.1. The number of benzene rings is 1. The molecule has 1 saturated heterocycles. The van der Waals surface area contributed by atoms with E-state index in [0.717, 1.165) is 17.7 Å². The van der Waals surface area contributed by atoms with Gasteiger partial charge in [0.1, 0.15) is 0 Å². The number of hydrogen-bond donors (Lipinski definition) is 3. The topological polar surface area (TPSA) is 93.5 Å². The number of carbonyl (C=O) groups excluding carboxylic acids is 2. The van der Waals surface area contributed by atoms with Crippen LogP contribution in [0.1, 0.15) is 38.2 Å². The second kappa shape index (κ2) is 10.4. The van der Waals surface area contributed by atoms with Gasteiger partial charge in [0, 0.05) is 38.4 Å². The van der Waals surface area contributed by atoms with Gasteiger partial charge in [0.2, 0.25) is 11.8 Å². The molecule has 1 aromatic rings. The van der Waals surface area contributed by atoms with Crippen LogP contribution in [0.25, 0.3) is 0 Å². The standard InChI is InChI=1S/C18H27N3O3.ClH/c1-2-3-16(22)21-15-6-4-14(5-7-15)12-20-17(23)18(13-19)8-10-24-11-9-18;/h4-7H,2-3,8-13,19H2,1H3,(H,20,23)(H,21,22);1H. The van der Waals surface area contributed by atoms with Crippen LogP contribution in [-0.2, 0) is 20.9 Å². The second-order valence-electron chi connectivity index (χ2n) is 6.27. The van der Waals surface area contributed by atoms with E-state index in [0.29, 0.717) is 45.6 Å². The van der Waals surface area contributed by atoms with Gasteiger partial charge in [-0.15, -0.1) is 12.4 Å². The summed E-state index contributed by atoms with van der Waals surface area (Å²) < 4.78 is 5.33. The van der Waals surface area contributed by atoms with Crippen LogP contribution in [0.3, 0.4) is 0 Å². The van der Waals surface area contributed by atoms with Crippen molar-refractivity contribution in [1.82, 2.24) is 5.32 Å². The first-order chi connectivity index (χ1) is 11.6. The van der Waals surface area contributed by atoms with Crippen molar-refractivity contribution >= 4 is 29.9 Å². The van der Waals surface area contributed by atoms with Crippen molar-refractivity contribution in [3.8, 4) is 0 Å². The number of hydrogen-bond acceptors (Lipinski definition) is 4. The number of nitrogens with two attached hydrogens (primary N) is 1. The minimum absolute atomic E-state index is 0. The van der Waals surface area contributed by atoms with Gasteiger partial charge in [-0.05, 0) is 37.0 Å². The molecular formula is C18H28ClN3O3. The van der Waals surface area contributed by atoms with Crippen LogP contribution in [0.5, 0.6) is 0 Å². The first-order valence-electron chi connectivity index (χ1n) is 8.54. The van der Waals surface area contributed by atoms with E-state index in [9.17, 15) is 9.59 Å². The molecule has 1 aliphatic heterocycles. The van der Waals surface area contributed by atoms with Crippen molar-refractivity contribution in [1.29, 1.82) is 0 Å². The van der Waals surface area contributed by atoms with Gasteiger partial charge in [-0.2, -0.15) is 0 Å². The van der Waals surface area contributed by atoms with Gasteiger partial charge in [0.05, 0.1) is 5.41 Å². The number of amides is 2. The molecule has 7 heteroatoms. The zero-order valence-corrected chi connectivity index (χ0v) is 15.5. The van der Waals surface area contributed by atoms with E-state index >= 15 is 0 Å². The van der Waals surface area contributed by atoms with Gasteiger partial charge >= 0.3 is 0 Å². The fourth-order valence-corrected chi connectivity index (χ4v) is 2.81. The van der Waals surface area contributed by atoms with Crippen molar-refractivity contribution in [2.75, 3.05) is 25.1 Å². The monoisotopic (exact) mass is 369 g/mol. The van der Waals surface area contributed by atoms with Crippen LogP contribution >= 0.6 is 12.4 Å². The first-order valence-corrected chi connectivity index (χ1v) is 8.54. The largest absolute Gasteiger partial charge is 0.381 e. The summed E-state index contributed by atoms with van der Waals surface area (Å²) in [5, 5.41) is 5.82. The number of rotatable bonds is 7. The Labute approximate surface area is 155 Å². The van der Waals surface area contributed by atoms with Gasteiger partial charge in [0.25, 0.3) is 0 Å². The van der Waals surface area contributed by atoms with Crippen molar-refractivity contribution in [2.24, 2.45) is 11.1 Å². The number of nitrogens with one attached hydrogen (secondary N) is 2. The van der Waals surface area contributed by atoms with Crippen LogP contribution in [0.15, 0.2) is 24.3 Å². The summed E-state index contributed by atoms with van der Waals surface area (Å²) in [7, 11) is 0. The molecule has 25 heavy (non-hydrogen) atoms.